The largest absolute Gasteiger partial charge is 0.398 e. The van der Waals surface area contributed by atoms with Crippen molar-refractivity contribution in [2.45, 2.75) is 26.3 Å². The summed E-state index contributed by atoms with van der Waals surface area (Å²) in [7, 11) is 1.80. The highest BCUT2D eigenvalue weighted by Gasteiger charge is 2.13. The number of amides is 1. The van der Waals surface area contributed by atoms with Gasteiger partial charge in [0.25, 0.3) is 5.91 Å². The van der Waals surface area contributed by atoms with Gasteiger partial charge >= 0.3 is 0 Å². The van der Waals surface area contributed by atoms with Crippen molar-refractivity contribution in [2.75, 3.05) is 12.8 Å². The second kappa shape index (κ2) is 6.44. The molecule has 0 aromatic heterocycles. The number of anilines is 1. The monoisotopic (exact) mass is 282 g/mol. The van der Waals surface area contributed by atoms with Crippen molar-refractivity contribution in [1.29, 1.82) is 0 Å². The van der Waals surface area contributed by atoms with E-state index in [0.29, 0.717) is 23.7 Å². The van der Waals surface area contributed by atoms with Gasteiger partial charge in [-0.25, -0.2) is 0 Å². The van der Waals surface area contributed by atoms with Crippen molar-refractivity contribution in [1.82, 2.24) is 4.90 Å². The van der Waals surface area contributed by atoms with Gasteiger partial charge in [-0.15, -0.1) is 0 Å². The lowest BCUT2D eigenvalue weighted by Crippen LogP contribution is -2.26. The fourth-order valence-corrected chi connectivity index (χ4v) is 2.24. The maximum atomic E-state index is 12.4. The summed E-state index contributed by atoms with van der Waals surface area (Å²) < 4.78 is 0. The van der Waals surface area contributed by atoms with Crippen LogP contribution in [0.2, 0.25) is 0 Å². The SMILES string of the molecule is CC(C)c1ccc(C(=O)N(C)Cc2ccccc2N)cc1. The molecule has 0 atom stereocenters. The molecule has 0 bridgehead atoms. The normalized spacial score (nSPS) is 10.7. The van der Waals surface area contributed by atoms with E-state index >= 15 is 0 Å². The van der Waals surface area contributed by atoms with Gasteiger partial charge in [0.15, 0.2) is 0 Å². The molecule has 0 aliphatic carbocycles. The zero-order valence-corrected chi connectivity index (χ0v) is 12.8. The Morgan fingerprint density at radius 3 is 2.29 bits per heavy atom. The highest BCUT2D eigenvalue weighted by molar-refractivity contribution is 5.94. The fourth-order valence-electron chi connectivity index (χ4n) is 2.24. The van der Waals surface area contributed by atoms with E-state index in [1.54, 1.807) is 11.9 Å². The lowest BCUT2D eigenvalue weighted by Gasteiger charge is -2.18. The van der Waals surface area contributed by atoms with E-state index in [9.17, 15) is 4.79 Å². The smallest absolute Gasteiger partial charge is 0.253 e. The van der Waals surface area contributed by atoms with Crippen LogP contribution in [0.3, 0.4) is 0 Å². The molecule has 0 saturated heterocycles. The predicted molar refractivity (Wildman–Crippen MR) is 87.2 cm³/mol. The first-order chi connectivity index (χ1) is 9.99. The second-order valence-corrected chi connectivity index (χ2v) is 5.64. The number of benzene rings is 2. The minimum atomic E-state index is 0.00793. The maximum absolute atomic E-state index is 12.4. The lowest BCUT2D eigenvalue weighted by molar-refractivity contribution is 0.0785. The highest BCUT2D eigenvalue weighted by Crippen LogP contribution is 2.17. The molecule has 0 fully saturated rings. The van der Waals surface area contributed by atoms with Crippen LogP contribution in [-0.2, 0) is 6.54 Å². The molecule has 0 aliphatic rings. The molecular weight excluding hydrogens is 260 g/mol. The third-order valence-corrected chi connectivity index (χ3v) is 3.63. The molecule has 0 spiro atoms. The molecule has 3 heteroatoms. The van der Waals surface area contributed by atoms with Gasteiger partial charge in [-0.2, -0.15) is 0 Å². The van der Waals surface area contributed by atoms with E-state index in [0.717, 1.165) is 5.56 Å². The number of nitrogens with zero attached hydrogens (tertiary/aromatic N) is 1. The van der Waals surface area contributed by atoms with Gasteiger partial charge in [-0.1, -0.05) is 44.2 Å². The van der Waals surface area contributed by atoms with E-state index < -0.39 is 0 Å². The summed E-state index contributed by atoms with van der Waals surface area (Å²) in [5.41, 5.74) is 9.55. The molecule has 0 unspecified atom stereocenters. The average molecular weight is 282 g/mol. The van der Waals surface area contributed by atoms with E-state index in [-0.39, 0.29) is 5.91 Å². The molecule has 1 amide bonds. The molecule has 110 valence electrons. The molecule has 0 saturated carbocycles. The first kappa shape index (κ1) is 15.1. The van der Waals surface area contributed by atoms with Crippen molar-refractivity contribution >= 4 is 11.6 Å². The zero-order valence-electron chi connectivity index (χ0n) is 12.8. The van der Waals surface area contributed by atoms with Gasteiger partial charge in [0, 0.05) is 24.8 Å². The van der Waals surface area contributed by atoms with E-state index in [1.165, 1.54) is 5.56 Å². The number of nitrogens with two attached hydrogens (primary N) is 1. The predicted octanol–water partition coefficient (Wildman–Crippen LogP) is 3.66. The van der Waals surface area contributed by atoms with Crippen LogP contribution in [0, 0.1) is 0 Å². The minimum Gasteiger partial charge on any atom is -0.398 e. The first-order valence-corrected chi connectivity index (χ1v) is 7.18. The van der Waals surface area contributed by atoms with Gasteiger partial charge < -0.3 is 10.6 Å². The molecule has 0 heterocycles. The molecule has 2 N–H and O–H groups in total. The Balaban J connectivity index is 2.10. The summed E-state index contributed by atoms with van der Waals surface area (Å²) in [5, 5.41) is 0. The molecular formula is C18H22N2O. The summed E-state index contributed by atoms with van der Waals surface area (Å²) in [6.45, 7) is 4.79. The highest BCUT2D eigenvalue weighted by atomic mass is 16.2. The van der Waals surface area contributed by atoms with Crippen LogP contribution in [0.4, 0.5) is 5.69 Å². The number of rotatable bonds is 4. The van der Waals surface area contributed by atoms with Crippen LogP contribution < -0.4 is 5.73 Å². The van der Waals surface area contributed by atoms with Crippen molar-refractivity contribution in [3.05, 3.63) is 65.2 Å². The van der Waals surface area contributed by atoms with Gasteiger partial charge in [0.05, 0.1) is 0 Å². The Kier molecular flexibility index (Phi) is 4.63. The van der Waals surface area contributed by atoms with Crippen LogP contribution in [0.25, 0.3) is 0 Å². The third-order valence-electron chi connectivity index (χ3n) is 3.63. The maximum Gasteiger partial charge on any atom is 0.253 e. The van der Waals surface area contributed by atoms with E-state index in [1.807, 2.05) is 48.5 Å². The molecule has 2 aromatic carbocycles. The second-order valence-electron chi connectivity index (χ2n) is 5.64. The Morgan fingerprint density at radius 1 is 1.10 bits per heavy atom. The van der Waals surface area contributed by atoms with Gasteiger partial charge in [-0.3, -0.25) is 4.79 Å². The van der Waals surface area contributed by atoms with Crippen LogP contribution in [0.1, 0.15) is 41.3 Å². The molecule has 3 nitrogen and oxygen atoms in total. The van der Waals surface area contributed by atoms with Crippen molar-refractivity contribution in [3.63, 3.8) is 0 Å². The zero-order chi connectivity index (χ0) is 15.4. The summed E-state index contributed by atoms with van der Waals surface area (Å²) in [6.07, 6.45) is 0. The summed E-state index contributed by atoms with van der Waals surface area (Å²) in [6, 6.07) is 15.4. The summed E-state index contributed by atoms with van der Waals surface area (Å²) >= 11 is 0. The lowest BCUT2D eigenvalue weighted by atomic mass is 10.0. The number of carbonyl (C=O) groups excluding carboxylic acids is 1. The van der Waals surface area contributed by atoms with Crippen LogP contribution in [0.5, 0.6) is 0 Å². The molecule has 0 radical (unpaired) electrons. The Bertz CT molecular complexity index is 617. The topological polar surface area (TPSA) is 46.3 Å². The Hall–Kier alpha value is -2.29. The molecule has 2 rings (SSSR count). The molecule has 21 heavy (non-hydrogen) atoms. The summed E-state index contributed by atoms with van der Waals surface area (Å²) in [4.78, 5) is 14.1. The number of para-hydroxylation sites is 1. The number of hydrogen-bond acceptors (Lipinski definition) is 2. The van der Waals surface area contributed by atoms with Gasteiger partial charge in [-0.05, 0) is 35.2 Å². The van der Waals surface area contributed by atoms with Crippen LogP contribution in [-0.4, -0.2) is 17.9 Å². The third kappa shape index (κ3) is 3.63. The van der Waals surface area contributed by atoms with Crippen LogP contribution >= 0.6 is 0 Å². The van der Waals surface area contributed by atoms with Crippen LogP contribution in [0.15, 0.2) is 48.5 Å². The molecule has 0 aliphatic heterocycles. The number of hydrogen-bond donors (Lipinski definition) is 1. The fraction of sp³-hybridized carbons (Fsp3) is 0.278. The Morgan fingerprint density at radius 2 is 1.71 bits per heavy atom. The number of nitrogen functional groups attached to an aromatic ring is 1. The van der Waals surface area contributed by atoms with Crippen molar-refractivity contribution in [3.8, 4) is 0 Å². The molecule has 2 aromatic rings. The minimum absolute atomic E-state index is 0.00793. The van der Waals surface area contributed by atoms with E-state index in [4.69, 9.17) is 5.73 Å². The number of carbonyl (C=O) groups is 1. The van der Waals surface area contributed by atoms with Gasteiger partial charge in [0.2, 0.25) is 0 Å². The van der Waals surface area contributed by atoms with Crippen molar-refractivity contribution in [2.24, 2.45) is 0 Å². The van der Waals surface area contributed by atoms with E-state index in [2.05, 4.69) is 13.8 Å². The Labute approximate surface area is 126 Å². The van der Waals surface area contributed by atoms with Gasteiger partial charge in [0.1, 0.15) is 0 Å². The van der Waals surface area contributed by atoms with Crippen molar-refractivity contribution < 1.29 is 4.79 Å². The average Bonchev–Trinajstić information content (AvgIpc) is 2.49. The first-order valence-electron chi connectivity index (χ1n) is 7.18. The summed E-state index contributed by atoms with van der Waals surface area (Å²) in [5.74, 6) is 0.476. The standard InChI is InChI=1S/C18H22N2O/c1-13(2)14-8-10-15(11-9-14)18(21)20(3)12-16-6-4-5-7-17(16)19/h4-11,13H,12,19H2,1-3H3. The quantitative estimate of drug-likeness (QED) is 0.870.